The van der Waals surface area contributed by atoms with Crippen molar-refractivity contribution >= 4 is 23.7 Å². The lowest BCUT2D eigenvalue weighted by Crippen LogP contribution is -2.17. The molecule has 0 bridgehead atoms. The molecule has 0 saturated heterocycles. The first-order valence-corrected chi connectivity index (χ1v) is 7.55. The largest absolute Gasteiger partial charge is 0.294 e. The molecule has 0 N–H and O–H groups in total. The van der Waals surface area contributed by atoms with Crippen molar-refractivity contribution in [3.8, 4) is 0 Å². The van der Waals surface area contributed by atoms with Crippen LogP contribution in [0.15, 0.2) is 36.4 Å². The van der Waals surface area contributed by atoms with Crippen molar-refractivity contribution in [3.63, 3.8) is 0 Å². The van der Waals surface area contributed by atoms with Crippen LogP contribution < -0.4 is 0 Å². The normalized spacial score (nSPS) is 13.0. The van der Waals surface area contributed by atoms with Crippen molar-refractivity contribution < 1.29 is 9.59 Å². The summed E-state index contributed by atoms with van der Waals surface area (Å²) in [5, 5.41) is 0. The maximum Gasteiger partial charge on any atom is 0.161 e. The second kappa shape index (κ2) is 6.87. The average molecular weight is 298 g/mol. The van der Waals surface area contributed by atoms with E-state index in [1.165, 1.54) is 0 Å². The van der Waals surface area contributed by atoms with Gasteiger partial charge in [0.2, 0.25) is 0 Å². The van der Waals surface area contributed by atoms with Crippen molar-refractivity contribution in [2.24, 2.45) is 10.8 Å². The van der Waals surface area contributed by atoms with Crippen molar-refractivity contribution in [3.05, 3.63) is 47.5 Å². The second-order valence-electron chi connectivity index (χ2n) is 7.56. The SMILES string of the molecule is CC(C)(C)C(=O)/C=C/c1ccc(/C=C/C(=O)C(C)(C)C)cc1. The number of allylic oxidation sites excluding steroid dienone is 2. The standard InChI is InChI=1S/C20H26O2/c1-19(2,3)17(21)13-11-15-7-9-16(10-8-15)12-14-18(22)20(4,5)6/h7-14H,1-6H3/b13-11+,14-12+. The lowest BCUT2D eigenvalue weighted by atomic mass is 9.90. The summed E-state index contributed by atoms with van der Waals surface area (Å²) < 4.78 is 0. The summed E-state index contributed by atoms with van der Waals surface area (Å²) in [5.74, 6) is 0.208. The van der Waals surface area contributed by atoms with Crippen molar-refractivity contribution in [1.82, 2.24) is 0 Å². The highest BCUT2D eigenvalue weighted by molar-refractivity contribution is 5.98. The van der Waals surface area contributed by atoms with Crippen LogP contribution in [0.5, 0.6) is 0 Å². The van der Waals surface area contributed by atoms with Crippen molar-refractivity contribution in [2.75, 3.05) is 0 Å². The molecule has 1 aromatic rings. The van der Waals surface area contributed by atoms with Gasteiger partial charge in [-0.05, 0) is 23.3 Å². The molecule has 118 valence electrons. The number of carbonyl (C=O) groups excluding carboxylic acids is 2. The fourth-order valence-electron chi connectivity index (χ4n) is 1.56. The van der Waals surface area contributed by atoms with Gasteiger partial charge in [-0.25, -0.2) is 0 Å². The summed E-state index contributed by atoms with van der Waals surface area (Å²) in [6.07, 6.45) is 6.88. The molecular formula is C20H26O2. The highest BCUT2D eigenvalue weighted by Gasteiger charge is 2.18. The van der Waals surface area contributed by atoms with Crippen LogP contribution in [0.1, 0.15) is 52.7 Å². The quantitative estimate of drug-likeness (QED) is 0.737. The number of hydrogen-bond acceptors (Lipinski definition) is 2. The van der Waals surface area contributed by atoms with Gasteiger partial charge in [0, 0.05) is 10.8 Å². The van der Waals surface area contributed by atoms with Gasteiger partial charge in [-0.3, -0.25) is 9.59 Å². The summed E-state index contributed by atoms with van der Waals surface area (Å²) in [6, 6.07) is 7.75. The summed E-state index contributed by atoms with van der Waals surface area (Å²) in [4.78, 5) is 23.7. The molecule has 0 aliphatic rings. The van der Waals surface area contributed by atoms with Gasteiger partial charge >= 0.3 is 0 Å². The Kier molecular flexibility index (Phi) is 5.65. The van der Waals surface area contributed by atoms with E-state index < -0.39 is 0 Å². The van der Waals surface area contributed by atoms with Crippen LogP contribution in [0, 0.1) is 10.8 Å². The van der Waals surface area contributed by atoms with Gasteiger partial charge in [0.25, 0.3) is 0 Å². The van der Waals surface area contributed by atoms with E-state index in [0.717, 1.165) is 11.1 Å². The molecule has 0 radical (unpaired) electrons. The minimum Gasteiger partial charge on any atom is -0.294 e. The molecule has 0 unspecified atom stereocenters. The van der Waals surface area contributed by atoms with Crippen molar-refractivity contribution in [1.29, 1.82) is 0 Å². The molecule has 0 atom stereocenters. The van der Waals surface area contributed by atoms with Gasteiger partial charge in [-0.2, -0.15) is 0 Å². The van der Waals surface area contributed by atoms with Crippen molar-refractivity contribution in [2.45, 2.75) is 41.5 Å². The number of hydrogen-bond donors (Lipinski definition) is 0. The molecular weight excluding hydrogens is 272 g/mol. The Bertz CT molecular complexity index is 533. The van der Waals surface area contributed by atoms with Gasteiger partial charge < -0.3 is 0 Å². The van der Waals surface area contributed by atoms with Gasteiger partial charge in [0.1, 0.15) is 0 Å². The molecule has 0 fully saturated rings. The molecule has 1 rings (SSSR count). The Morgan fingerprint density at radius 2 is 0.955 bits per heavy atom. The summed E-state index contributed by atoms with van der Waals surface area (Å²) in [7, 11) is 0. The van der Waals surface area contributed by atoms with E-state index in [1.807, 2.05) is 78.0 Å². The highest BCUT2D eigenvalue weighted by atomic mass is 16.1. The average Bonchev–Trinajstić information content (AvgIpc) is 2.41. The Hall–Kier alpha value is -1.96. The van der Waals surface area contributed by atoms with Crippen LogP contribution in [-0.4, -0.2) is 11.6 Å². The zero-order valence-electron chi connectivity index (χ0n) is 14.4. The molecule has 2 nitrogen and oxygen atoms in total. The third-order valence-corrected chi connectivity index (χ3v) is 3.27. The maximum atomic E-state index is 11.8. The topological polar surface area (TPSA) is 34.1 Å². The third-order valence-electron chi connectivity index (χ3n) is 3.27. The first kappa shape index (κ1) is 18.1. The first-order chi connectivity index (χ1) is 10.00. The molecule has 0 aliphatic carbocycles. The fraction of sp³-hybridized carbons (Fsp3) is 0.400. The monoisotopic (exact) mass is 298 g/mol. The van der Waals surface area contributed by atoms with Gasteiger partial charge in [0.05, 0.1) is 0 Å². The van der Waals surface area contributed by atoms with Gasteiger partial charge in [-0.1, -0.05) is 78.0 Å². The Morgan fingerprint density at radius 1 is 0.682 bits per heavy atom. The lowest BCUT2D eigenvalue weighted by Gasteiger charge is -2.13. The van der Waals surface area contributed by atoms with Crippen LogP contribution in [0.3, 0.4) is 0 Å². The molecule has 22 heavy (non-hydrogen) atoms. The highest BCUT2D eigenvalue weighted by Crippen LogP contribution is 2.18. The fourth-order valence-corrected chi connectivity index (χ4v) is 1.56. The van der Waals surface area contributed by atoms with Gasteiger partial charge in [0.15, 0.2) is 11.6 Å². The van der Waals surface area contributed by atoms with E-state index >= 15 is 0 Å². The van der Waals surface area contributed by atoms with Crippen LogP contribution >= 0.6 is 0 Å². The number of benzene rings is 1. The first-order valence-electron chi connectivity index (χ1n) is 7.55. The second-order valence-corrected chi connectivity index (χ2v) is 7.56. The zero-order valence-corrected chi connectivity index (χ0v) is 14.4. The summed E-state index contributed by atoms with van der Waals surface area (Å²) >= 11 is 0. The van der Waals surface area contributed by atoms with Crippen LogP contribution in [0.4, 0.5) is 0 Å². The Labute approximate surface area is 133 Å². The molecule has 0 heterocycles. The summed E-state index contributed by atoms with van der Waals surface area (Å²) in [5.41, 5.74) is 1.23. The van der Waals surface area contributed by atoms with E-state index in [0.29, 0.717) is 0 Å². The molecule has 0 spiro atoms. The molecule has 0 aliphatic heterocycles. The molecule has 0 amide bonds. The van der Waals surface area contributed by atoms with E-state index in [1.54, 1.807) is 12.2 Å². The van der Waals surface area contributed by atoms with Crippen LogP contribution in [0.25, 0.3) is 12.2 Å². The zero-order chi connectivity index (χ0) is 17.0. The van der Waals surface area contributed by atoms with E-state index in [4.69, 9.17) is 0 Å². The molecule has 0 aromatic heterocycles. The number of carbonyl (C=O) groups is 2. The van der Waals surface area contributed by atoms with Gasteiger partial charge in [-0.15, -0.1) is 0 Å². The van der Waals surface area contributed by atoms with E-state index in [-0.39, 0.29) is 22.4 Å². The molecule has 0 saturated carbocycles. The Balaban J connectivity index is 2.76. The molecule has 2 heteroatoms. The lowest BCUT2D eigenvalue weighted by molar-refractivity contribution is -0.122. The minimum absolute atomic E-state index is 0.104. The Morgan fingerprint density at radius 3 is 1.18 bits per heavy atom. The van der Waals surface area contributed by atoms with E-state index in [9.17, 15) is 9.59 Å². The summed E-state index contributed by atoms with van der Waals surface area (Å²) in [6.45, 7) is 11.4. The predicted molar refractivity (Wildman–Crippen MR) is 93.4 cm³/mol. The maximum absolute atomic E-state index is 11.8. The predicted octanol–water partition coefficient (Wildman–Crippen LogP) is 4.94. The van der Waals surface area contributed by atoms with E-state index in [2.05, 4.69) is 0 Å². The van der Waals surface area contributed by atoms with Crippen LogP contribution in [-0.2, 0) is 9.59 Å². The smallest absolute Gasteiger partial charge is 0.161 e. The number of rotatable bonds is 4. The number of ketones is 2. The minimum atomic E-state index is -0.355. The third kappa shape index (κ3) is 5.80. The van der Waals surface area contributed by atoms with Crippen LogP contribution in [0.2, 0.25) is 0 Å². The molecule has 1 aromatic carbocycles.